The van der Waals surface area contributed by atoms with Gasteiger partial charge in [0.1, 0.15) is 12.6 Å². The fourth-order valence-corrected chi connectivity index (χ4v) is 0.784. The summed E-state index contributed by atoms with van der Waals surface area (Å²) in [7, 11) is 6.55. The summed E-state index contributed by atoms with van der Waals surface area (Å²) >= 11 is 0. The molecule has 0 aliphatic carbocycles. The fraction of sp³-hybridized carbons (Fsp3) is 1.00. The monoisotopic (exact) mass is 261 g/mol. The summed E-state index contributed by atoms with van der Waals surface area (Å²) in [6, 6.07) is 0. The van der Waals surface area contributed by atoms with Crippen LogP contribution in [0.5, 0.6) is 0 Å². The number of rotatable bonds is 2. The first-order valence-electron chi connectivity index (χ1n) is 3.00. The summed E-state index contributed by atoms with van der Waals surface area (Å²) in [6.07, 6.45) is 0.565. The van der Waals surface area contributed by atoms with Gasteiger partial charge in [-0.25, -0.2) is 0 Å². The molecule has 1 atom stereocenters. The van der Waals surface area contributed by atoms with Crippen molar-refractivity contribution in [3.8, 4) is 0 Å². The van der Waals surface area contributed by atoms with Crippen molar-refractivity contribution < 1.29 is 9.22 Å². The van der Waals surface area contributed by atoms with Gasteiger partial charge in [-0.3, -0.25) is 0 Å². The third-order valence-electron chi connectivity index (χ3n) is 1.15. The lowest BCUT2D eigenvalue weighted by molar-refractivity contribution is -0.870. The Morgan fingerprint density at radius 1 is 1.40 bits per heavy atom. The van der Waals surface area contributed by atoms with E-state index in [1.807, 2.05) is 0 Å². The van der Waals surface area contributed by atoms with E-state index in [9.17, 15) is 0 Å². The van der Waals surface area contributed by atoms with Crippen molar-refractivity contribution in [2.24, 2.45) is 0 Å². The SMILES string of the molecule is C[N+](C)(C)CC1CO1.I.N. The van der Waals surface area contributed by atoms with Crippen LogP contribution in [0.25, 0.3) is 0 Å². The lowest BCUT2D eigenvalue weighted by Crippen LogP contribution is -2.37. The van der Waals surface area contributed by atoms with E-state index in [2.05, 4.69) is 21.1 Å². The van der Waals surface area contributed by atoms with Crippen molar-refractivity contribution >= 4 is 24.0 Å². The van der Waals surface area contributed by atoms with Crippen LogP contribution in [0.15, 0.2) is 0 Å². The van der Waals surface area contributed by atoms with E-state index in [0.29, 0.717) is 6.10 Å². The second-order valence-electron chi connectivity index (χ2n) is 3.43. The molecule has 0 aromatic carbocycles. The van der Waals surface area contributed by atoms with Gasteiger partial charge in [0.15, 0.2) is 0 Å². The van der Waals surface area contributed by atoms with Crippen LogP contribution in [0.3, 0.4) is 0 Å². The van der Waals surface area contributed by atoms with Crippen molar-refractivity contribution in [3.63, 3.8) is 0 Å². The average Bonchev–Trinajstić information content (AvgIpc) is 2.12. The van der Waals surface area contributed by atoms with Gasteiger partial charge in [0, 0.05) is 0 Å². The van der Waals surface area contributed by atoms with Crippen LogP contribution in [0.1, 0.15) is 0 Å². The van der Waals surface area contributed by atoms with Crippen molar-refractivity contribution in [3.05, 3.63) is 0 Å². The maximum atomic E-state index is 5.07. The summed E-state index contributed by atoms with van der Waals surface area (Å²) in [5, 5.41) is 0. The van der Waals surface area contributed by atoms with Gasteiger partial charge >= 0.3 is 0 Å². The summed E-state index contributed by atoms with van der Waals surface area (Å²) in [5.74, 6) is 0. The van der Waals surface area contributed by atoms with Gasteiger partial charge in [-0.15, -0.1) is 24.0 Å². The van der Waals surface area contributed by atoms with E-state index in [0.717, 1.165) is 17.6 Å². The smallest absolute Gasteiger partial charge is 0.130 e. The minimum Gasteiger partial charge on any atom is -0.367 e. The number of halogens is 1. The lowest BCUT2D eigenvalue weighted by Gasteiger charge is -2.22. The molecule has 1 saturated heterocycles. The number of hydrogen-bond acceptors (Lipinski definition) is 2. The van der Waals surface area contributed by atoms with Crippen molar-refractivity contribution in [2.75, 3.05) is 34.3 Å². The first kappa shape index (κ1) is 13.2. The maximum Gasteiger partial charge on any atom is 0.130 e. The quantitative estimate of drug-likeness (QED) is 0.455. The first-order valence-corrected chi connectivity index (χ1v) is 3.00. The molecule has 1 heterocycles. The van der Waals surface area contributed by atoms with Gasteiger partial charge < -0.3 is 15.4 Å². The van der Waals surface area contributed by atoms with E-state index in [1.54, 1.807) is 0 Å². The summed E-state index contributed by atoms with van der Waals surface area (Å²) in [4.78, 5) is 0. The molecule has 0 amide bonds. The number of quaternary nitrogens is 1. The first-order chi connectivity index (χ1) is 3.58. The summed E-state index contributed by atoms with van der Waals surface area (Å²) in [6.45, 7) is 2.13. The second-order valence-corrected chi connectivity index (χ2v) is 3.43. The van der Waals surface area contributed by atoms with Crippen LogP contribution in [0.4, 0.5) is 0 Å². The molecule has 1 unspecified atom stereocenters. The molecule has 0 aromatic rings. The minimum absolute atomic E-state index is 0. The highest BCUT2D eigenvalue weighted by atomic mass is 127. The molecule has 10 heavy (non-hydrogen) atoms. The van der Waals surface area contributed by atoms with Crippen LogP contribution >= 0.6 is 24.0 Å². The third kappa shape index (κ3) is 6.73. The second kappa shape index (κ2) is 4.48. The van der Waals surface area contributed by atoms with E-state index in [1.165, 1.54) is 0 Å². The number of hydrogen-bond donors (Lipinski definition) is 1. The molecule has 0 saturated carbocycles. The van der Waals surface area contributed by atoms with Gasteiger partial charge in [-0.05, 0) is 0 Å². The van der Waals surface area contributed by atoms with Crippen molar-refractivity contribution in [1.82, 2.24) is 6.15 Å². The zero-order valence-electron chi connectivity index (χ0n) is 6.96. The standard InChI is InChI=1S/C6H14NO.HI.H3N/c1-7(2,3)4-6-5-8-6;;/h6H,4-5H2,1-3H3;1H;1H3/q+1;;. The Kier molecular flexibility index (Phi) is 5.92. The van der Waals surface area contributed by atoms with Crippen LogP contribution in [0, 0.1) is 0 Å². The molecule has 1 aliphatic heterocycles. The summed E-state index contributed by atoms with van der Waals surface area (Å²) < 4.78 is 6.09. The minimum atomic E-state index is 0. The Morgan fingerprint density at radius 3 is 1.90 bits per heavy atom. The molecule has 3 N–H and O–H groups in total. The van der Waals surface area contributed by atoms with E-state index < -0.39 is 0 Å². The highest BCUT2D eigenvalue weighted by Crippen LogP contribution is 2.11. The van der Waals surface area contributed by atoms with E-state index in [4.69, 9.17) is 4.74 Å². The summed E-state index contributed by atoms with van der Waals surface area (Å²) in [5.41, 5.74) is 0. The molecule has 1 aliphatic rings. The molecule has 64 valence electrons. The van der Waals surface area contributed by atoms with Gasteiger partial charge in [-0.2, -0.15) is 0 Å². The normalized spacial score (nSPS) is 22.5. The van der Waals surface area contributed by atoms with E-state index in [-0.39, 0.29) is 30.1 Å². The van der Waals surface area contributed by atoms with Crippen LogP contribution < -0.4 is 6.15 Å². The zero-order chi connectivity index (χ0) is 6.20. The largest absolute Gasteiger partial charge is 0.367 e. The molecule has 0 aromatic heterocycles. The molecule has 0 radical (unpaired) electrons. The van der Waals surface area contributed by atoms with E-state index >= 15 is 0 Å². The highest BCUT2D eigenvalue weighted by Gasteiger charge is 2.28. The number of epoxide rings is 1. The predicted octanol–water partition coefficient (Wildman–Crippen LogP) is 0.871. The van der Waals surface area contributed by atoms with Gasteiger partial charge in [0.2, 0.25) is 0 Å². The van der Waals surface area contributed by atoms with Gasteiger partial charge in [-0.1, -0.05) is 0 Å². The van der Waals surface area contributed by atoms with Gasteiger partial charge in [0.05, 0.1) is 27.7 Å². The predicted molar refractivity (Wildman–Crippen MR) is 53.1 cm³/mol. The average molecular weight is 261 g/mol. The molecule has 0 bridgehead atoms. The number of ether oxygens (including phenoxy) is 1. The number of nitrogens with zero attached hydrogens (tertiary/aromatic N) is 1. The molecular weight excluding hydrogens is 243 g/mol. The Labute approximate surface area is 79.9 Å². The molecular formula is C6H18IN2O+. The zero-order valence-corrected chi connectivity index (χ0v) is 9.29. The highest BCUT2D eigenvalue weighted by molar-refractivity contribution is 14.0. The molecule has 4 heteroatoms. The molecule has 0 spiro atoms. The van der Waals surface area contributed by atoms with Crippen LogP contribution in [-0.4, -0.2) is 44.9 Å². The number of likely N-dealkylation sites (N-methyl/N-ethyl adjacent to an activating group) is 1. The van der Waals surface area contributed by atoms with Crippen molar-refractivity contribution in [1.29, 1.82) is 0 Å². The third-order valence-corrected chi connectivity index (χ3v) is 1.15. The molecule has 3 nitrogen and oxygen atoms in total. The Morgan fingerprint density at radius 2 is 1.80 bits per heavy atom. The Hall–Kier alpha value is 0.610. The molecule has 1 fully saturated rings. The molecule has 1 rings (SSSR count). The topological polar surface area (TPSA) is 47.5 Å². The van der Waals surface area contributed by atoms with Crippen LogP contribution in [0.2, 0.25) is 0 Å². The fourth-order valence-electron chi connectivity index (χ4n) is 0.784. The van der Waals surface area contributed by atoms with Crippen LogP contribution in [-0.2, 0) is 4.74 Å². The maximum absolute atomic E-state index is 5.07. The van der Waals surface area contributed by atoms with Gasteiger partial charge in [0.25, 0.3) is 0 Å². The Balaban J connectivity index is 0. The van der Waals surface area contributed by atoms with Crippen molar-refractivity contribution in [2.45, 2.75) is 6.10 Å². The lowest BCUT2D eigenvalue weighted by atomic mass is 10.4. The Bertz CT molecular complexity index is 88.2.